The Bertz CT molecular complexity index is 579. The van der Waals surface area contributed by atoms with E-state index in [4.69, 9.17) is 0 Å². The van der Waals surface area contributed by atoms with E-state index in [1.807, 2.05) is 31.4 Å². The molecule has 3 rings (SSSR count). The maximum Gasteiger partial charge on any atom is 0.133 e. The molecule has 1 fully saturated rings. The van der Waals surface area contributed by atoms with E-state index >= 15 is 0 Å². The minimum absolute atomic E-state index is 0.188. The maximum atomic E-state index is 12.8. The van der Waals surface area contributed by atoms with Crippen molar-refractivity contribution in [2.24, 2.45) is 0 Å². The second-order valence-corrected chi connectivity index (χ2v) is 5.35. The molecule has 0 atom stereocenters. The zero-order valence-electron chi connectivity index (χ0n) is 11.6. The molecule has 0 N–H and O–H groups in total. The van der Waals surface area contributed by atoms with Gasteiger partial charge in [0, 0.05) is 25.7 Å². The van der Waals surface area contributed by atoms with Gasteiger partial charge < -0.3 is 4.90 Å². The largest absolute Gasteiger partial charge is 0.359 e. The van der Waals surface area contributed by atoms with Crippen LogP contribution in [0, 0.1) is 5.82 Å². The Morgan fingerprint density at radius 3 is 2.65 bits per heavy atom. The van der Waals surface area contributed by atoms with Crippen molar-refractivity contribution in [3.63, 3.8) is 0 Å². The van der Waals surface area contributed by atoms with Crippen molar-refractivity contribution in [1.82, 2.24) is 9.97 Å². The van der Waals surface area contributed by atoms with Gasteiger partial charge in [0.05, 0.1) is 0 Å². The van der Waals surface area contributed by atoms with Gasteiger partial charge in [0.15, 0.2) is 0 Å². The van der Waals surface area contributed by atoms with E-state index in [0.29, 0.717) is 5.92 Å². The minimum atomic E-state index is -0.188. The van der Waals surface area contributed by atoms with Gasteiger partial charge in [-0.05, 0) is 43.0 Å². The van der Waals surface area contributed by atoms with Gasteiger partial charge in [0.25, 0.3) is 0 Å². The summed E-state index contributed by atoms with van der Waals surface area (Å²) in [5.41, 5.74) is 1.13. The fraction of sp³-hybridized carbons (Fsp3) is 0.375. The summed E-state index contributed by atoms with van der Waals surface area (Å²) in [6.07, 6.45) is 5.13. The highest BCUT2D eigenvalue weighted by molar-refractivity contribution is 5.37. The third kappa shape index (κ3) is 3.13. The van der Waals surface area contributed by atoms with Crippen LogP contribution in [0.1, 0.15) is 30.1 Å². The molecule has 0 unspecified atom stereocenters. The Morgan fingerprint density at radius 1 is 1.20 bits per heavy atom. The first-order valence-electron chi connectivity index (χ1n) is 7.01. The number of aromatic nitrogens is 2. The highest BCUT2D eigenvalue weighted by atomic mass is 19.1. The van der Waals surface area contributed by atoms with Crippen molar-refractivity contribution < 1.29 is 4.39 Å². The number of likely N-dealkylation sites (N-methyl/N-ethyl adjacent to an activating group) is 1. The van der Waals surface area contributed by atoms with Crippen LogP contribution in [0.15, 0.2) is 36.5 Å². The van der Waals surface area contributed by atoms with Crippen LogP contribution in [0.4, 0.5) is 10.2 Å². The highest BCUT2D eigenvalue weighted by Crippen LogP contribution is 2.38. The van der Waals surface area contributed by atoms with E-state index in [2.05, 4.69) is 14.9 Å². The average Bonchev–Trinajstić information content (AvgIpc) is 3.31. The SMILES string of the molecule is CN(CCc1ccc(F)cc1)c1ccnc(C2CC2)n1. The number of halogens is 1. The molecule has 1 heterocycles. The molecule has 1 aromatic heterocycles. The number of hydrogen-bond acceptors (Lipinski definition) is 3. The normalized spacial score (nSPS) is 14.3. The standard InChI is InChI=1S/C16H18FN3/c1-20(11-9-12-2-6-14(17)7-3-12)15-8-10-18-16(19-15)13-4-5-13/h2-3,6-8,10,13H,4-5,9,11H2,1H3. The summed E-state index contributed by atoms with van der Waals surface area (Å²) in [5, 5.41) is 0. The van der Waals surface area contributed by atoms with Gasteiger partial charge in [0.2, 0.25) is 0 Å². The van der Waals surface area contributed by atoms with Crippen molar-refractivity contribution in [3.05, 3.63) is 53.7 Å². The molecule has 0 amide bonds. The van der Waals surface area contributed by atoms with E-state index in [9.17, 15) is 4.39 Å². The van der Waals surface area contributed by atoms with Gasteiger partial charge in [-0.25, -0.2) is 14.4 Å². The second kappa shape index (κ2) is 5.57. The number of anilines is 1. The molecular formula is C16H18FN3. The molecule has 104 valence electrons. The summed E-state index contributed by atoms with van der Waals surface area (Å²) in [7, 11) is 2.03. The van der Waals surface area contributed by atoms with Crippen molar-refractivity contribution >= 4 is 5.82 Å². The van der Waals surface area contributed by atoms with Crippen molar-refractivity contribution in [3.8, 4) is 0 Å². The summed E-state index contributed by atoms with van der Waals surface area (Å²) in [5.74, 6) is 2.31. The third-order valence-electron chi connectivity index (χ3n) is 3.64. The Kier molecular flexibility index (Phi) is 3.63. The van der Waals surface area contributed by atoms with Gasteiger partial charge in [-0.3, -0.25) is 0 Å². The molecule has 4 heteroatoms. The smallest absolute Gasteiger partial charge is 0.133 e. The number of hydrogen-bond donors (Lipinski definition) is 0. The summed E-state index contributed by atoms with van der Waals surface area (Å²) in [6.45, 7) is 0.854. The number of rotatable bonds is 5. The van der Waals surface area contributed by atoms with Gasteiger partial charge >= 0.3 is 0 Å². The Labute approximate surface area is 118 Å². The molecule has 1 aliphatic rings. The van der Waals surface area contributed by atoms with Crippen LogP contribution in [-0.2, 0) is 6.42 Å². The van der Waals surface area contributed by atoms with Gasteiger partial charge in [-0.2, -0.15) is 0 Å². The maximum absolute atomic E-state index is 12.8. The zero-order valence-corrected chi connectivity index (χ0v) is 11.6. The first-order valence-corrected chi connectivity index (χ1v) is 7.01. The van der Waals surface area contributed by atoms with Crippen LogP contribution in [0.25, 0.3) is 0 Å². The van der Waals surface area contributed by atoms with Crippen LogP contribution >= 0.6 is 0 Å². The molecule has 1 aromatic carbocycles. The molecular weight excluding hydrogens is 253 g/mol. The van der Waals surface area contributed by atoms with Crippen molar-refractivity contribution in [2.75, 3.05) is 18.5 Å². The lowest BCUT2D eigenvalue weighted by molar-refractivity contribution is 0.627. The molecule has 0 spiro atoms. The predicted molar refractivity (Wildman–Crippen MR) is 77.4 cm³/mol. The van der Waals surface area contributed by atoms with E-state index in [-0.39, 0.29) is 5.82 Å². The minimum Gasteiger partial charge on any atom is -0.359 e. The summed E-state index contributed by atoms with van der Waals surface area (Å²) in [6, 6.07) is 8.62. The lowest BCUT2D eigenvalue weighted by Gasteiger charge is -2.18. The molecule has 0 saturated heterocycles. The molecule has 2 aromatic rings. The summed E-state index contributed by atoms with van der Waals surface area (Å²) >= 11 is 0. The monoisotopic (exact) mass is 271 g/mol. The lowest BCUT2D eigenvalue weighted by Crippen LogP contribution is -2.21. The first-order chi connectivity index (χ1) is 9.72. The molecule has 0 radical (unpaired) electrons. The Hall–Kier alpha value is -1.97. The summed E-state index contributed by atoms with van der Waals surface area (Å²) in [4.78, 5) is 11.1. The Balaban J connectivity index is 1.62. The number of nitrogens with zero attached hydrogens (tertiary/aromatic N) is 3. The van der Waals surface area contributed by atoms with E-state index < -0.39 is 0 Å². The van der Waals surface area contributed by atoms with E-state index in [0.717, 1.165) is 30.2 Å². The zero-order chi connectivity index (χ0) is 13.9. The molecule has 3 nitrogen and oxygen atoms in total. The lowest BCUT2D eigenvalue weighted by atomic mass is 10.1. The van der Waals surface area contributed by atoms with Crippen LogP contribution in [0.5, 0.6) is 0 Å². The van der Waals surface area contributed by atoms with Crippen LogP contribution < -0.4 is 4.90 Å². The molecule has 1 saturated carbocycles. The van der Waals surface area contributed by atoms with Crippen LogP contribution in [0.3, 0.4) is 0 Å². The topological polar surface area (TPSA) is 29.0 Å². The van der Waals surface area contributed by atoms with Crippen molar-refractivity contribution in [1.29, 1.82) is 0 Å². The molecule has 1 aliphatic carbocycles. The highest BCUT2D eigenvalue weighted by Gasteiger charge is 2.26. The average molecular weight is 271 g/mol. The fourth-order valence-electron chi connectivity index (χ4n) is 2.18. The van der Waals surface area contributed by atoms with E-state index in [1.54, 1.807) is 0 Å². The molecule has 20 heavy (non-hydrogen) atoms. The van der Waals surface area contributed by atoms with Crippen molar-refractivity contribution in [2.45, 2.75) is 25.2 Å². The van der Waals surface area contributed by atoms with Crippen LogP contribution in [0.2, 0.25) is 0 Å². The molecule has 0 aliphatic heterocycles. The summed E-state index contributed by atoms with van der Waals surface area (Å²) < 4.78 is 12.8. The predicted octanol–water partition coefficient (Wildman–Crippen LogP) is 3.17. The quantitative estimate of drug-likeness (QED) is 0.836. The first kappa shape index (κ1) is 13.0. The third-order valence-corrected chi connectivity index (χ3v) is 3.64. The van der Waals surface area contributed by atoms with E-state index in [1.165, 1.54) is 25.0 Å². The van der Waals surface area contributed by atoms with Gasteiger partial charge in [0.1, 0.15) is 17.5 Å². The molecule has 0 bridgehead atoms. The Morgan fingerprint density at radius 2 is 1.95 bits per heavy atom. The van der Waals surface area contributed by atoms with Crippen LogP contribution in [-0.4, -0.2) is 23.6 Å². The van der Waals surface area contributed by atoms with Gasteiger partial charge in [-0.1, -0.05) is 12.1 Å². The van der Waals surface area contributed by atoms with Gasteiger partial charge in [-0.15, -0.1) is 0 Å². The number of benzene rings is 1. The second-order valence-electron chi connectivity index (χ2n) is 5.35. The fourth-order valence-corrected chi connectivity index (χ4v) is 2.18.